The van der Waals surface area contributed by atoms with Crippen LogP contribution in [0.5, 0.6) is 0 Å². The first-order chi connectivity index (χ1) is 12.9. The molecule has 3 rings (SSSR count). The molecule has 2 aliphatic rings. The van der Waals surface area contributed by atoms with Crippen LogP contribution in [0.3, 0.4) is 0 Å². The van der Waals surface area contributed by atoms with Gasteiger partial charge >= 0.3 is 6.03 Å². The molecular weight excluding hydrogens is 349 g/mol. The molecule has 0 aliphatic carbocycles. The van der Waals surface area contributed by atoms with Crippen LogP contribution in [0.4, 0.5) is 9.18 Å². The van der Waals surface area contributed by atoms with Crippen molar-refractivity contribution in [2.45, 2.75) is 57.5 Å². The van der Waals surface area contributed by atoms with Gasteiger partial charge in [-0.05, 0) is 49.8 Å². The number of nitrogens with one attached hydrogen (secondary N) is 1. The first-order valence-corrected chi connectivity index (χ1v) is 9.62. The minimum absolute atomic E-state index is 0.167. The molecule has 0 unspecified atom stereocenters. The van der Waals surface area contributed by atoms with Crippen molar-refractivity contribution in [2.24, 2.45) is 0 Å². The number of piperidine rings is 1. The Morgan fingerprint density at radius 2 is 1.93 bits per heavy atom. The van der Waals surface area contributed by atoms with Gasteiger partial charge in [-0.3, -0.25) is 14.5 Å². The van der Waals surface area contributed by atoms with E-state index in [1.165, 1.54) is 24.3 Å². The SMILES string of the molecule is CC[C@H]1CCCCN1C(=O)CN1C(=O)N[C@](CC)(c2ccc(F)cc2)C1=O. The third-order valence-electron chi connectivity index (χ3n) is 5.76. The molecule has 7 heteroatoms. The summed E-state index contributed by atoms with van der Waals surface area (Å²) in [6.45, 7) is 4.23. The van der Waals surface area contributed by atoms with Gasteiger partial charge in [0.15, 0.2) is 0 Å². The smallest absolute Gasteiger partial charge is 0.325 e. The minimum atomic E-state index is -1.25. The van der Waals surface area contributed by atoms with Crippen molar-refractivity contribution in [3.05, 3.63) is 35.6 Å². The van der Waals surface area contributed by atoms with Crippen LogP contribution in [0.1, 0.15) is 51.5 Å². The number of likely N-dealkylation sites (tertiary alicyclic amines) is 1. The molecule has 6 nitrogen and oxygen atoms in total. The molecule has 2 fully saturated rings. The number of amides is 4. The Morgan fingerprint density at radius 3 is 2.56 bits per heavy atom. The number of urea groups is 1. The second kappa shape index (κ2) is 7.66. The number of carbonyl (C=O) groups is 3. The highest BCUT2D eigenvalue weighted by Gasteiger charge is 2.52. The molecule has 0 spiro atoms. The molecule has 2 atom stereocenters. The van der Waals surface area contributed by atoms with E-state index in [-0.39, 0.29) is 18.5 Å². The number of imide groups is 1. The second-order valence-electron chi connectivity index (χ2n) is 7.23. The fourth-order valence-corrected chi connectivity index (χ4v) is 4.12. The predicted octanol–water partition coefficient (Wildman–Crippen LogP) is 2.77. The summed E-state index contributed by atoms with van der Waals surface area (Å²) in [5, 5.41) is 2.73. The number of rotatable bonds is 5. The summed E-state index contributed by atoms with van der Waals surface area (Å²) in [7, 11) is 0. The van der Waals surface area contributed by atoms with Crippen molar-refractivity contribution >= 4 is 17.8 Å². The molecule has 146 valence electrons. The van der Waals surface area contributed by atoms with Gasteiger partial charge in [-0.25, -0.2) is 9.18 Å². The van der Waals surface area contributed by atoms with Gasteiger partial charge in [0.05, 0.1) is 0 Å². The molecule has 1 N–H and O–H groups in total. The van der Waals surface area contributed by atoms with Gasteiger partial charge in [0.2, 0.25) is 5.91 Å². The van der Waals surface area contributed by atoms with Crippen molar-refractivity contribution in [1.29, 1.82) is 0 Å². The lowest BCUT2D eigenvalue weighted by molar-refractivity contribution is -0.141. The zero-order valence-electron chi connectivity index (χ0n) is 15.8. The van der Waals surface area contributed by atoms with Crippen molar-refractivity contribution < 1.29 is 18.8 Å². The fraction of sp³-hybridized carbons (Fsp3) is 0.550. The van der Waals surface area contributed by atoms with Crippen molar-refractivity contribution in [2.75, 3.05) is 13.1 Å². The Hall–Kier alpha value is -2.44. The summed E-state index contributed by atoms with van der Waals surface area (Å²) in [6, 6.07) is 5.11. The monoisotopic (exact) mass is 375 g/mol. The summed E-state index contributed by atoms with van der Waals surface area (Å²) in [6.07, 6.45) is 4.16. The van der Waals surface area contributed by atoms with Gasteiger partial charge in [-0.2, -0.15) is 0 Å². The van der Waals surface area contributed by atoms with E-state index in [9.17, 15) is 18.8 Å². The van der Waals surface area contributed by atoms with Crippen LogP contribution < -0.4 is 5.32 Å². The highest BCUT2D eigenvalue weighted by atomic mass is 19.1. The van der Waals surface area contributed by atoms with Crippen molar-refractivity contribution in [1.82, 2.24) is 15.1 Å². The molecular formula is C20H26FN3O3. The van der Waals surface area contributed by atoms with E-state index in [2.05, 4.69) is 5.32 Å². The van der Waals surface area contributed by atoms with Crippen LogP contribution >= 0.6 is 0 Å². The minimum Gasteiger partial charge on any atom is -0.338 e. The first-order valence-electron chi connectivity index (χ1n) is 9.62. The van der Waals surface area contributed by atoms with Gasteiger partial charge in [0, 0.05) is 12.6 Å². The maximum Gasteiger partial charge on any atom is 0.325 e. The molecule has 0 bridgehead atoms. The molecule has 1 aromatic carbocycles. The van der Waals surface area contributed by atoms with E-state index in [0.29, 0.717) is 18.5 Å². The Kier molecular flexibility index (Phi) is 5.48. The Morgan fingerprint density at radius 1 is 1.22 bits per heavy atom. The highest BCUT2D eigenvalue weighted by Crippen LogP contribution is 2.32. The van der Waals surface area contributed by atoms with Crippen LogP contribution in [0.2, 0.25) is 0 Å². The number of benzene rings is 1. The van der Waals surface area contributed by atoms with Crippen molar-refractivity contribution in [3.63, 3.8) is 0 Å². The Bertz CT molecular complexity index is 736. The summed E-state index contributed by atoms with van der Waals surface area (Å²) < 4.78 is 13.3. The molecule has 1 aromatic rings. The standard InChI is InChI=1S/C20H26FN3O3/c1-3-16-7-5-6-12-23(16)17(25)13-24-18(26)20(4-2,22-19(24)27)14-8-10-15(21)11-9-14/h8-11,16H,3-7,12-13H2,1-2H3,(H,22,27)/t16-,20+/m0/s1. The lowest BCUT2D eigenvalue weighted by atomic mass is 9.87. The Balaban J connectivity index is 1.81. The summed E-state index contributed by atoms with van der Waals surface area (Å²) >= 11 is 0. The first kappa shape index (κ1) is 19.3. The zero-order valence-corrected chi connectivity index (χ0v) is 15.8. The molecule has 27 heavy (non-hydrogen) atoms. The predicted molar refractivity (Wildman–Crippen MR) is 98.3 cm³/mol. The number of hydrogen-bond acceptors (Lipinski definition) is 3. The number of halogens is 1. The summed E-state index contributed by atoms with van der Waals surface area (Å²) in [5.74, 6) is -1.07. The average molecular weight is 375 g/mol. The van der Waals surface area contributed by atoms with E-state index in [4.69, 9.17) is 0 Å². The number of hydrogen-bond donors (Lipinski definition) is 1. The molecule has 2 heterocycles. The van der Waals surface area contributed by atoms with Gasteiger partial charge < -0.3 is 10.2 Å². The molecule has 0 aromatic heterocycles. The maximum atomic E-state index is 13.3. The maximum absolute atomic E-state index is 13.3. The zero-order chi connectivity index (χ0) is 19.6. The third-order valence-corrected chi connectivity index (χ3v) is 5.76. The van der Waals surface area contributed by atoms with E-state index in [1.807, 2.05) is 6.92 Å². The van der Waals surface area contributed by atoms with Crippen LogP contribution in [0, 0.1) is 5.82 Å². The third kappa shape index (κ3) is 3.42. The lowest BCUT2D eigenvalue weighted by Gasteiger charge is -2.36. The Labute approximate surface area is 158 Å². The second-order valence-corrected chi connectivity index (χ2v) is 7.23. The van der Waals surface area contributed by atoms with E-state index >= 15 is 0 Å². The van der Waals surface area contributed by atoms with Gasteiger partial charge in [0.1, 0.15) is 17.9 Å². The summed E-state index contributed by atoms with van der Waals surface area (Å²) in [4.78, 5) is 41.2. The fourth-order valence-electron chi connectivity index (χ4n) is 4.12. The van der Waals surface area contributed by atoms with Crippen LogP contribution in [0.25, 0.3) is 0 Å². The molecule has 0 radical (unpaired) electrons. The van der Waals surface area contributed by atoms with E-state index in [1.54, 1.807) is 11.8 Å². The van der Waals surface area contributed by atoms with E-state index in [0.717, 1.165) is 30.6 Å². The summed E-state index contributed by atoms with van der Waals surface area (Å²) in [5.41, 5.74) is -0.735. The molecule has 2 saturated heterocycles. The average Bonchev–Trinajstić information content (AvgIpc) is 2.93. The molecule has 4 amide bonds. The highest BCUT2D eigenvalue weighted by molar-refractivity contribution is 6.09. The number of carbonyl (C=O) groups excluding carboxylic acids is 3. The van der Waals surface area contributed by atoms with Gasteiger partial charge in [-0.15, -0.1) is 0 Å². The van der Waals surface area contributed by atoms with Crippen LogP contribution in [-0.2, 0) is 15.1 Å². The molecule has 0 saturated carbocycles. The van der Waals surface area contributed by atoms with Crippen molar-refractivity contribution in [3.8, 4) is 0 Å². The number of nitrogens with zero attached hydrogens (tertiary/aromatic N) is 2. The van der Waals surface area contributed by atoms with Crippen LogP contribution in [-0.4, -0.2) is 46.8 Å². The topological polar surface area (TPSA) is 69.7 Å². The lowest BCUT2D eigenvalue weighted by Crippen LogP contribution is -2.49. The van der Waals surface area contributed by atoms with Crippen LogP contribution in [0.15, 0.2) is 24.3 Å². The van der Waals surface area contributed by atoms with E-state index < -0.39 is 23.3 Å². The van der Waals surface area contributed by atoms with Gasteiger partial charge in [-0.1, -0.05) is 26.0 Å². The van der Waals surface area contributed by atoms with Gasteiger partial charge in [0.25, 0.3) is 5.91 Å². The normalized spacial score (nSPS) is 25.7. The largest absolute Gasteiger partial charge is 0.338 e. The quantitative estimate of drug-likeness (QED) is 0.805. The molecule has 2 aliphatic heterocycles.